The van der Waals surface area contributed by atoms with Gasteiger partial charge in [0.1, 0.15) is 12.0 Å². The molecular weight excluding hydrogens is 294 g/mol. The number of fused-ring (bicyclic) bond motifs is 1. The Kier molecular flexibility index (Phi) is 3.41. The van der Waals surface area contributed by atoms with Gasteiger partial charge in [0.2, 0.25) is 11.7 Å². The minimum Gasteiger partial charge on any atom is -0.485 e. The second-order valence-electron chi connectivity index (χ2n) is 6.08. The highest BCUT2D eigenvalue weighted by atomic mass is 16.6. The smallest absolute Gasteiger partial charge is 0.247 e. The Balaban J connectivity index is 1.58. The van der Waals surface area contributed by atoms with Crippen LogP contribution in [0.5, 0.6) is 11.5 Å². The highest BCUT2D eigenvalue weighted by Gasteiger charge is 2.40. The molecule has 1 aromatic heterocycles. The summed E-state index contributed by atoms with van der Waals surface area (Å²) in [6.07, 6.45) is 4.32. The average molecular weight is 311 g/mol. The summed E-state index contributed by atoms with van der Waals surface area (Å²) in [5.41, 5.74) is -0.642. The number of rotatable bonds is 2. The number of para-hydroxylation sites is 2. The first-order valence-corrected chi connectivity index (χ1v) is 7.95. The molecule has 1 aliphatic carbocycles. The molecule has 0 N–H and O–H groups in total. The fourth-order valence-corrected chi connectivity index (χ4v) is 3.24. The standard InChI is InChI=1S/C17H17N3O3/c18-11-17(8-4-1-5-9-17)16-19-15(20-23-16)14-10-21-12-6-2-3-7-13(12)22-14/h2-3,6-7,14H,1,4-5,8-10H2. The maximum absolute atomic E-state index is 9.61. The van der Waals surface area contributed by atoms with Crippen LogP contribution in [0.15, 0.2) is 28.8 Å². The lowest BCUT2D eigenvalue weighted by Crippen LogP contribution is -2.28. The van der Waals surface area contributed by atoms with Crippen LogP contribution in [0.4, 0.5) is 0 Å². The predicted octanol–water partition coefficient (Wildman–Crippen LogP) is 3.31. The second-order valence-corrected chi connectivity index (χ2v) is 6.08. The summed E-state index contributed by atoms with van der Waals surface area (Å²) in [4.78, 5) is 4.47. The molecule has 23 heavy (non-hydrogen) atoms. The summed E-state index contributed by atoms with van der Waals surface area (Å²) < 4.78 is 17.0. The van der Waals surface area contributed by atoms with Crippen molar-refractivity contribution in [3.05, 3.63) is 36.0 Å². The first-order chi connectivity index (χ1) is 11.3. The number of benzene rings is 1. The van der Waals surface area contributed by atoms with Gasteiger partial charge in [-0.15, -0.1) is 0 Å². The van der Waals surface area contributed by atoms with E-state index in [4.69, 9.17) is 14.0 Å². The minimum absolute atomic E-state index is 0.329. The third-order valence-electron chi connectivity index (χ3n) is 4.57. The van der Waals surface area contributed by atoms with Gasteiger partial charge in [-0.1, -0.05) is 36.6 Å². The Morgan fingerprint density at radius 2 is 1.91 bits per heavy atom. The molecule has 1 aliphatic heterocycles. The van der Waals surface area contributed by atoms with Gasteiger partial charge in [0.15, 0.2) is 17.6 Å². The van der Waals surface area contributed by atoms with Crippen LogP contribution in [0.1, 0.15) is 49.9 Å². The van der Waals surface area contributed by atoms with Crippen molar-refractivity contribution in [3.63, 3.8) is 0 Å². The van der Waals surface area contributed by atoms with E-state index < -0.39 is 11.5 Å². The first kappa shape index (κ1) is 14.1. The molecule has 0 amide bonds. The van der Waals surface area contributed by atoms with Crippen molar-refractivity contribution >= 4 is 0 Å². The Hall–Kier alpha value is -2.55. The highest BCUT2D eigenvalue weighted by Crippen LogP contribution is 2.39. The van der Waals surface area contributed by atoms with E-state index in [2.05, 4.69) is 16.2 Å². The van der Waals surface area contributed by atoms with Crippen LogP contribution in [0.3, 0.4) is 0 Å². The quantitative estimate of drug-likeness (QED) is 0.846. The molecule has 0 saturated heterocycles. The number of ether oxygens (including phenoxy) is 2. The summed E-state index contributed by atoms with van der Waals surface area (Å²) >= 11 is 0. The maximum Gasteiger partial charge on any atom is 0.247 e. The third-order valence-corrected chi connectivity index (χ3v) is 4.57. The van der Waals surface area contributed by atoms with Crippen molar-refractivity contribution < 1.29 is 14.0 Å². The molecule has 2 heterocycles. The lowest BCUT2D eigenvalue weighted by molar-refractivity contribution is 0.0832. The van der Waals surface area contributed by atoms with Crippen LogP contribution >= 0.6 is 0 Å². The van der Waals surface area contributed by atoms with Crippen LogP contribution < -0.4 is 9.47 Å². The molecule has 4 rings (SSSR count). The third kappa shape index (κ3) is 2.42. The van der Waals surface area contributed by atoms with Gasteiger partial charge in [-0.3, -0.25) is 0 Å². The van der Waals surface area contributed by atoms with E-state index >= 15 is 0 Å². The van der Waals surface area contributed by atoms with Crippen LogP contribution in [0, 0.1) is 11.3 Å². The molecule has 1 atom stereocenters. The maximum atomic E-state index is 9.61. The molecule has 0 bridgehead atoms. The normalized spacial score (nSPS) is 22.3. The molecule has 2 aromatic rings. The van der Waals surface area contributed by atoms with Crippen molar-refractivity contribution in [1.82, 2.24) is 10.1 Å². The summed E-state index contributed by atoms with van der Waals surface area (Å²) in [6.45, 7) is 0.329. The number of nitrogens with zero attached hydrogens (tertiary/aromatic N) is 3. The van der Waals surface area contributed by atoms with Crippen molar-refractivity contribution in [1.29, 1.82) is 5.26 Å². The zero-order valence-corrected chi connectivity index (χ0v) is 12.7. The van der Waals surface area contributed by atoms with E-state index in [0.29, 0.717) is 29.8 Å². The van der Waals surface area contributed by atoms with Crippen LogP contribution in [-0.4, -0.2) is 16.7 Å². The molecule has 1 saturated carbocycles. The topological polar surface area (TPSA) is 81.2 Å². The Bertz CT molecular complexity index is 744. The Morgan fingerprint density at radius 1 is 1.13 bits per heavy atom. The van der Waals surface area contributed by atoms with E-state index in [-0.39, 0.29) is 0 Å². The van der Waals surface area contributed by atoms with Gasteiger partial charge in [-0.25, -0.2) is 0 Å². The summed E-state index contributed by atoms with van der Waals surface area (Å²) in [7, 11) is 0. The van der Waals surface area contributed by atoms with E-state index in [1.165, 1.54) is 0 Å². The van der Waals surface area contributed by atoms with Gasteiger partial charge >= 0.3 is 0 Å². The van der Waals surface area contributed by atoms with Crippen LogP contribution in [-0.2, 0) is 5.41 Å². The van der Waals surface area contributed by atoms with Crippen molar-refractivity contribution in [2.24, 2.45) is 0 Å². The Morgan fingerprint density at radius 3 is 2.70 bits per heavy atom. The SMILES string of the molecule is N#CC1(c2nc(C3COc4ccccc4O3)no2)CCCCC1. The van der Waals surface area contributed by atoms with Crippen LogP contribution in [0.2, 0.25) is 0 Å². The van der Waals surface area contributed by atoms with Gasteiger partial charge in [0, 0.05) is 0 Å². The predicted molar refractivity (Wildman–Crippen MR) is 80.0 cm³/mol. The lowest BCUT2D eigenvalue weighted by atomic mass is 9.75. The van der Waals surface area contributed by atoms with Crippen molar-refractivity contribution in [3.8, 4) is 17.6 Å². The lowest BCUT2D eigenvalue weighted by Gasteiger charge is -2.26. The van der Waals surface area contributed by atoms with Crippen molar-refractivity contribution in [2.75, 3.05) is 6.61 Å². The van der Waals surface area contributed by atoms with Gasteiger partial charge < -0.3 is 14.0 Å². The van der Waals surface area contributed by atoms with E-state index in [0.717, 1.165) is 32.1 Å². The molecule has 0 radical (unpaired) electrons. The Labute approximate surface area is 134 Å². The molecule has 6 heteroatoms. The van der Waals surface area contributed by atoms with Crippen molar-refractivity contribution in [2.45, 2.75) is 43.6 Å². The van der Waals surface area contributed by atoms with Crippen LogP contribution in [0.25, 0.3) is 0 Å². The molecular formula is C17H17N3O3. The van der Waals surface area contributed by atoms with E-state index in [1.807, 2.05) is 24.3 Å². The van der Waals surface area contributed by atoms with E-state index in [9.17, 15) is 5.26 Å². The average Bonchev–Trinajstić information content (AvgIpc) is 3.12. The molecule has 1 aromatic carbocycles. The molecule has 6 nitrogen and oxygen atoms in total. The largest absolute Gasteiger partial charge is 0.485 e. The van der Waals surface area contributed by atoms with Gasteiger partial charge in [-0.2, -0.15) is 10.2 Å². The summed E-state index contributed by atoms with van der Waals surface area (Å²) in [5.74, 6) is 2.24. The number of hydrogen-bond donors (Lipinski definition) is 0. The van der Waals surface area contributed by atoms with Gasteiger partial charge in [0.05, 0.1) is 6.07 Å². The minimum atomic E-state index is -0.642. The monoisotopic (exact) mass is 311 g/mol. The van der Waals surface area contributed by atoms with Gasteiger partial charge in [0.25, 0.3) is 0 Å². The number of aromatic nitrogens is 2. The molecule has 118 valence electrons. The molecule has 0 spiro atoms. The highest BCUT2D eigenvalue weighted by molar-refractivity contribution is 5.41. The summed E-state index contributed by atoms with van der Waals surface area (Å²) in [6, 6.07) is 9.89. The first-order valence-electron chi connectivity index (χ1n) is 7.95. The zero-order chi connectivity index (χ0) is 15.7. The second kappa shape index (κ2) is 5.58. The van der Waals surface area contributed by atoms with E-state index in [1.54, 1.807) is 0 Å². The molecule has 1 fully saturated rings. The number of nitriles is 1. The summed E-state index contributed by atoms with van der Waals surface area (Å²) in [5, 5.41) is 13.6. The zero-order valence-electron chi connectivity index (χ0n) is 12.7. The number of hydrogen-bond acceptors (Lipinski definition) is 6. The van der Waals surface area contributed by atoms with Gasteiger partial charge in [-0.05, 0) is 25.0 Å². The molecule has 2 aliphatic rings. The fourth-order valence-electron chi connectivity index (χ4n) is 3.24. The fraction of sp³-hybridized carbons (Fsp3) is 0.471. The molecule has 1 unspecified atom stereocenters.